The Balaban J connectivity index is 1.71. The third-order valence-electron chi connectivity index (χ3n) is 5.32. The molecule has 30 heavy (non-hydrogen) atoms. The molecule has 158 valence electrons. The van der Waals surface area contributed by atoms with Gasteiger partial charge in [-0.1, -0.05) is 37.3 Å². The number of benzene rings is 1. The number of carboxylic acids is 1. The first-order valence-corrected chi connectivity index (χ1v) is 10.1. The molecule has 3 heterocycles. The van der Waals surface area contributed by atoms with Crippen LogP contribution in [0.1, 0.15) is 36.3 Å². The van der Waals surface area contributed by atoms with Crippen molar-refractivity contribution in [3.63, 3.8) is 0 Å². The first-order chi connectivity index (χ1) is 14.5. The molecular formula is C21H25N5O4. The molecule has 2 N–H and O–H groups in total. The molecule has 2 unspecified atom stereocenters. The van der Waals surface area contributed by atoms with Gasteiger partial charge in [0.1, 0.15) is 17.4 Å². The molecule has 1 aromatic carbocycles. The van der Waals surface area contributed by atoms with Crippen molar-refractivity contribution < 1.29 is 19.4 Å². The van der Waals surface area contributed by atoms with Crippen LogP contribution >= 0.6 is 0 Å². The summed E-state index contributed by atoms with van der Waals surface area (Å²) in [6.45, 7) is 2.94. The van der Waals surface area contributed by atoms with E-state index in [0.717, 1.165) is 18.4 Å². The number of carbonyl (C=O) groups excluding carboxylic acids is 1. The number of aromatic amines is 1. The first kappa shape index (κ1) is 20.1. The second-order valence-corrected chi connectivity index (χ2v) is 7.51. The zero-order valence-corrected chi connectivity index (χ0v) is 17.0. The molecule has 2 atom stereocenters. The lowest BCUT2D eigenvalue weighted by Crippen LogP contribution is -2.50. The second kappa shape index (κ2) is 8.27. The van der Waals surface area contributed by atoms with E-state index in [9.17, 15) is 14.7 Å². The van der Waals surface area contributed by atoms with Crippen molar-refractivity contribution in [3.05, 3.63) is 47.4 Å². The number of ether oxygens (including phenoxy) is 1. The maximum Gasteiger partial charge on any atom is 0.331 e. The van der Waals surface area contributed by atoms with Gasteiger partial charge in [-0.15, -0.1) is 0 Å². The number of carboxylic acid groups (broad SMARTS) is 1. The SMILES string of the molecule is CCCN1C(=O)N2CC(Cc3ccccc3)N=C2c2[nH]c(C(COC)C(=O)O)nc21. The van der Waals surface area contributed by atoms with E-state index in [1.54, 1.807) is 9.80 Å². The Morgan fingerprint density at radius 3 is 2.80 bits per heavy atom. The standard InChI is InChI=1S/C21H25N5O4/c1-3-9-25-19-16(23-17(24-19)15(12-30-2)20(27)28)18-22-14(11-26(18)21(25)29)10-13-7-5-4-6-8-13/h4-8,14-15H,3,9-12H2,1-2H3,(H,23,24)(H,27,28). The zero-order valence-electron chi connectivity index (χ0n) is 17.0. The summed E-state index contributed by atoms with van der Waals surface area (Å²) in [5.41, 5.74) is 1.75. The van der Waals surface area contributed by atoms with Gasteiger partial charge in [-0.3, -0.25) is 19.6 Å². The van der Waals surface area contributed by atoms with E-state index >= 15 is 0 Å². The van der Waals surface area contributed by atoms with E-state index in [4.69, 9.17) is 9.73 Å². The monoisotopic (exact) mass is 411 g/mol. The van der Waals surface area contributed by atoms with E-state index in [1.807, 2.05) is 37.3 Å². The average Bonchev–Trinajstić information content (AvgIpc) is 3.34. The van der Waals surface area contributed by atoms with Crippen LogP contribution in [0, 0.1) is 0 Å². The molecule has 0 aliphatic carbocycles. The number of nitrogens with zero attached hydrogens (tertiary/aromatic N) is 4. The topological polar surface area (TPSA) is 111 Å². The molecule has 0 saturated carbocycles. The Labute approximate surface area is 174 Å². The summed E-state index contributed by atoms with van der Waals surface area (Å²) in [7, 11) is 1.45. The third-order valence-corrected chi connectivity index (χ3v) is 5.32. The third kappa shape index (κ3) is 3.56. The maximum absolute atomic E-state index is 13.2. The van der Waals surface area contributed by atoms with E-state index < -0.39 is 11.9 Å². The van der Waals surface area contributed by atoms with Gasteiger partial charge in [0.2, 0.25) is 0 Å². The minimum absolute atomic E-state index is 0.0176. The predicted octanol–water partition coefficient (Wildman–Crippen LogP) is 2.25. The summed E-state index contributed by atoms with van der Waals surface area (Å²) >= 11 is 0. The molecule has 0 spiro atoms. The highest BCUT2D eigenvalue weighted by molar-refractivity contribution is 6.18. The van der Waals surface area contributed by atoms with Crippen LogP contribution in [0.2, 0.25) is 0 Å². The largest absolute Gasteiger partial charge is 0.481 e. The van der Waals surface area contributed by atoms with E-state index in [-0.39, 0.29) is 24.5 Å². The van der Waals surface area contributed by atoms with Crippen molar-refractivity contribution in [1.29, 1.82) is 0 Å². The number of aromatic nitrogens is 2. The lowest BCUT2D eigenvalue weighted by atomic mass is 10.1. The van der Waals surface area contributed by atoms with E-state index in [2.05, 4.69) is 9.97 Å². The lowest BCUT2D eigenvalue weighted by molar-refractivity contribution is -0.140. The quantitative estimate of drug-likeness (QED) is 0.692. The van der Waals surface area contributed by atoms with Gasteiger partial charge in [-0.25, -0.2) is 9.78 Å². The van der Waals surface area contributed by atoms with Gasteiger partial charge >= 0.3 is 12.0 Å². The first-order valence-electron chi connectivity index (χ1n) is 10.1. The van der Waals surface area contributed by atoms with Crippen LogP contribution in [0.15, 0.2) is 35.3 Å². The van der Waals surface area contributed by atoms with Crippen LogP contribution in [0.25, 0.3) is 0 Å². The number of carbonyl (C=O) groups is 2. The molecule has 0 fully saturated rings. The maximum atomic E-state index is 13.2. The van der Waals surface area contributed by atoms with Crippen molar-refractivity contribution in [2.45, 2.75) is 31.7 Å². The highest BCUT2D eigenvalue weighted by Gasteiger charge is 2.43. The molecule has 9 nitrogen and oxygen atoms in total. The molecule has 2 aromatic rings. The number of H-pyrrole nitrogens is 1. The van der Waals surface area contributed by atoms with Gasteiger partial charge in [0, 0.05) is 13.7 Å². The average molecular weight is 411 g/mol. The molecule has 2 aliphatic rings. The predicted molar refractivity (Wildman–Crippen MR) is 111 cm³/mol. The van der Waals surface area contributed by atoms with Gasteiger partial charge in [0.05, 0.1) is 19.2 Å². The molecule has 0 saturated heterocycles. The van der Waals surface area contributed by atoms with Crippen LogP contribution in [-0.2, 0) is 16.0 Å². The number of hydrogen-bond donors (Lipinski definition) is 2. The van der Waals surface area contributed by atoms with Crippen LogP contribution in [-0.4, -0.2) is 70.7 Å². The summed E-state index contributed by atoms with van der Waals surface area (Å²) in [6.07, 6.45) is 1.47. The number of hydrogen-bond acceptors (Lipinski definition) is 5. The Morgan fingerprint density at radius 2 is 2.13 bits per heavy atom. The van der Waals surface area contributed by atoms with Crippen molar-refractivity contribution >= 4 is 23.7 Å². The summed E-state index contributed by atoms with van der Waals surface area (Å²) in [4.78, 5) is 40.6. The molecule has 0 radical (unpaired) electrons. The van der Waals surface area contributed by atoms with Crippen molar-refractivity contribution in [2.75, 3.05) is 31.7 Å². The number of fused-ring (bicyclic) bond motifs is 3. The number of aliphatic carboxylic acids is 1. The summed E-state index contributed by atoms with van der Waals surface area (Å²) in [6, 6.07) is 9.80. The summed E-state index contributed by atoms with van der Waals surface area (Å²) in [5, 5.41) is 9.57. The number of amides is 2. The van der Waals surface area contributed by atoms with Gasteiger partial charge < -0.3 is 14.8 Å². The smallest absolute Gasteiger partial charge is 0.331 e. The Kier molecular flexibility index (Phi) is 5.54. The lowest BCUT2D eigenvalue weighted by Gasteiger charge is -2.32. The molecule has 1 aromatic heterocycles. The summed E-state index contributed by atoms with van der Waals surface area (Å²) in [5.74, 6) is -0.754. The van der Waals surface area contributed by atoms with Crippen molar-refractivity contribution in [3.8, 4) is 0 Å². The normalized spacial score (nSPS) is 18.8. The highest BCUT2D eigenvalue weighted by atomic mass is 16.5. The molecule has 2 aliphatic heterocycles. The van der Waals surface area contributed by atoms with E-state index in [1.165, 1.54) is 7.11 Å². The minimum Gasteiger partial charge on any atom is -0.481 e. The Hall–Kier alpha value is -3.20. The highest BCUT2D eigenvalue weighted by Crippen LogP contribution is 2.33. The molecule has 0 bridgehead atoms. The van der Waals surface area contributed by atoms with Gasteiger partial charge in [0.25, 0.3) is 0 Å². The van der Waals surface area contributed by atoms with Gasteiger partial charge in [-0.2, -0.15) is 0 Å². The number of methoxy groups -OCH3 is 1. The number of imidazole rings is 1. The molecule has 4 rings (SSSR count). The van der Waals surface area contributed by atoms with E-state index in [0.29, 0.717) is 30.4 Å². The molecule has 2 amide bonds. The van der Waals surface area contributed by atoms with Gasteiger partial charge in [0.15, 0.2) is 11.7 Å². The number of nitrogens with one attached hydrogen (secondary N) is 1. The zero-order chi connectivity index (χ0) is 21.3. The number of rotatable bonds is 8. The Morgan fingerprint density at radius 1 is 1.37 bits per heavy atom. The number of urea groups is 1. The number of amidine groups is 1. The minimum atomic E-state index is -1.04. The van der Waals surface area contributed by atoms with Crippen LogP contribution in [0.3, 0.4) is 0 Å². The fourth-order valence-electron chi connectivity index (χ4n) is 3.94. The summed E-state index contributed by atoms with van der Waals surface area (Å²) < 4.78 is 5.06. The fraction of sp³-hybridized carbons (Fsp3) is 0.429. The second-order valence-electron chi connectivity index (χ2n) is 7.51. The van der Waals surface area contributed by atoms with Crippen LogP contribution < -0.4 is 4.90 Å². The van der Waals surface area contributed by atoms with Crippen LogP contribution in [0.5, 0.6) is 0 Å². The van der Waals surface area contributed by atoms with Crippen molar-refractivity contribution in [1.82, 2.24) is 14.9 Å². The van der Waals surface area contributed by atoms with Crippen LogP contribution in [0.4, 0.5) is 10.6 Å². The fourth-order valence-corrected chi connectivity index (χ4v) is 3.94. The van der Waals surface area contributed by atoms with Gasteiger partial charge in [-0.05, 0) is 18.4 Å². The van der Waals surface area contributed by atoms with Crippen molar-refractivity contribution in [2.24, 2.45) is 4.99 Å². The molecule has 9 heteroatoms. The number of aliphatic imine (C=N–C) groups is 1. The Bertz CT molecular complexity index is 971. The molecular weight excluding hydrogens is 386 g/mol. The number of anilines is 1.